The van der Waals surface area contributed by atoms with E-state index in [1.807, 2.05) is 23.8 Å². The Morgan fingerprint density at radius 1 is 1.21 bits per heavy atom. The molecule has 0 atom stereocenters. The van der Waals surface area contributed by atoms with Gasteiger partial charge in [-0.05, 0) is 53.6 Å². The van der Waals surface area contributed by atoms with Gasteiger partial charge in [0.2, 0.25) is 5.91 Å². The third-order valence-electron chi connectivity index (χ3n) is 2.91. The molecule has 2 aromatic rings. The van der Waals surface area contributed by atoms with Crippen molar-refractivity contribution in [2.24, 2.45) is 4.99 Å². The van der Waals surface area contributed by atoms with Crippen molar-refractivity contribution in [3.8, 4) is 5.75 Å². The van der Waals surface area contributed by atoms with Gasteiger partial charge in [-0.2, -0.15) is 11.3 Å². The number of halogens is 1. The van der Waals surface area contributed by atoms with Crippen LogP contribution < -0.4 is 16.0 Å². The molecule has 0 saturated carbocycles. The summed E-state index contributed by atoms with van der Waals surface area (Å²) in [5.74, 6) is 0.576. The van der Waals surface area contributed by atoms with Gasteiger partial charge < -0.3 is 21.1 Å². The number of carbonyl (C=O) groups is 1. The first kappa shape index (κ1) is 20.2. The molecule has 1 amide bonds. The Morgan fingerprint density at radius 3 is 2.58 bits per heavy atom. The maximum absolute atomic E-state index is 11.9. The van der Waals surface area contributed by atoms with Crippen molar-refractivity contribution < 1.29 is 9.90 Å². The van der Waals surface area contributed by atoms with Crippen molar-refractivity contribution in [3.05, 3.63) is 46.7 Å². The number of rotatable bonds is 6. The minimum absolute atomic E-state index is 0. The van der Waals surface area contributed by atoms with Gasteiger partial charge in [-0.1, -0.05) is 0 Å². The number of phenolic OH excluding ortho intramolecular Hbond substituents is 1. The van der Waals surface area contributed by atoms with Crippen LogP contribution in [-0.4, -0.2) is 30.1 Å². The first-order chi connectivity index (χ1) is 11.2. The molecule has 0 aliphatic heterocycles. The highest BCUT2D eigenvalue weighted by molar-refractivity contribution is 14.0. The highest BCUT2D eigenvalue weighted by Crippen LogP contribution is 2.13. The monoisotopic (exact) mass is 460 g/mol. The Labute approximate surface area is 162 Å². The van der Waals surface area contributed by atoms with E-state index >= 15 is 0 Å². The van der Waals surface area contributed by atoms with Crippen LogP contribution in [0.3, 0.4) is 0 Å². The molecule has 8 heteroatoms. The smallest absolute Gasteiger partial charge is 0.243 e. The standard InChI is InChI=1S/C16H20N4O2S.HI/c1-2-17-16(18-9-12-7-8-23-11-12)19-10-15(22)20-13-3-5-14(21)6-4-13;/h3-8,11,21H,2,9-10H2,1H3,(H,20,22)(H2,17,18,19);1H. The van der Waals surface area contributed by atoms with E-state index in [0.29, 0.717) is 18.2 Å². The number of phenols is 1. The van der Waals surface area contributed by atoms with Crippen LogP contribution in [-0.2, 0) is 11.3 Å². The summed E-state index contributed by atoms with van der Waals surface area (Å²) >= 11 is 1.63. The molecule has 0 aliphatic rings. The van der Waals surface area contributed by atoms with E-state index in [0.717, 1.165) is 12.1 Å². The topological polar surface area (TPSA) is 85.8 Å². The predicted octanol–water partition coefficient (Wildman–Crippen LogP) is 2.77. The summed E-state index contributed by atoms with van der Waals surface area (Å²) in [6.07, 6.45) is 0. The Hall–Kier alpha value is -1.81. The number of benzene rings is 1. The van der Waals surface area contributed by atoms with Gasteiger partial charge in [-0.15, -0.1) is 24.0 Å². The summed E-state index contributed by atoms with van der Waals surface area (Å²) in [5, 5.41) is 22.1. The number of nitrogens with zero attached hydrogens (tertiary/aromatic N) is 1. The lowest BCUT2D eigenvalue weighted by atomic mass is 10.3. The predicted molar refractivity (Wildman–Crippen MR) is 109 cm³/mol. The second-order valence-corrected chi connectivity index (χ2v) is 5.56. The van der Waals surface area contributed by atoms with Gasteiger partial charge in [0.25, 0.3) is 0 Å². The molecule has 0 unspecified atom stereocenters. The minimum Gasteiger partial charge on any atom is -0.508 e. The van der Waals surface area contributed by atoms with Crippen molar-refractivity contribution in [1.82, 2.24) is 10.6 Å². The third kappa shape index (κ3) is 7.18. The maximum atomic E-state index is 11.9. The number of nitrogens with one attached hydrogen (secondary N) is 3. The molecule has 0 fully saturated rings. The zero-order valence-corrected chi connectivity index (χ0v) is 16.4. The number of hydrogen-bond donors (Lipinski definition) is 4. The van der Waals surface area contributed by atoms with Crippen molar-refractivity contribution >= 4 is 52.9 Å². The summed E-state index contributed by atoms with van der Waals surface area (Å²) in [6.45, 7) is 3.36. The largest absolute Gasteiger partial charge is 0.508 e. The van der Waals surface area contributed by atoms with Gasteiger partial charge in [0, 0.05) is 12.2 Å². The zero-order valence-electron chi connectivity index (χ0n) is 13.3. The molecule has 1 aromatic heterocycles. The fourth-order valence-corrected chi connectivity index (χ4v) is 2.47. The molecule has 6 nitrogen and oxygen atoms in total. The Bertz CT molecular complexity index is 645. The number of aliphatic imine (C=N–C) groups is 1. The van der Waals surface area contributed by atoms with Crippen molar-refractivity contribution in [3.63, 3.8) is 0 Å². The summed E-state index contributed by atoms with van der Waals surface area (Å²) in [4.78, 5) is 16.4. The van der Waals surface area contributed by atoms with Gasteiger partial charge in [-0.3, -0.25) is 4.79 Å². The first-order valence-electron chi connectivity index (χ1n) is 7.29. The number of amides is 1. The van der Waals surface area contributed by atoms with Crippen LogP contribution in [0.2, 0.25) is 0 Å². The van der Waals surface area contributed by atoms with E-state index in [4.69, 9.17) is 0 Å². The van der Waals surface area contributed by atoms with E-state index < -0.39 is 0 Å². The quantitative estimate of drug-likeness (QED) is 0.231. The third-order valence-corrected chi connectivity index (χ3v) is 3.64. The molecule has 1 heterocycles. The average Bonchev–Trinajstić information content (AvgIpc) is 3.06. The highest BCUT2D eigenvalue weighted by atomic mass is 127. The average molecular weight is 460 g/mol. The molecule has 1 aromatic carbocycles. The van der Waals surface area contributed by atoms with E-state index in [1.165, 1.54) is 12.1 Å². The summed E-state index contributed by atoms with van der Waals surface area (Å²) in [5.41, 5.74) is 1.77. The van der Waals surface area contributed by atoms with E-state index in [9.17, 15) is 9.90 Å². The summed E-state index contributed by atoms with van der Waals surface area (Å²) in [6, 6.07) is 8.35. The lowest BCUT2D eigenvalue weighted by Gasteiger charge is -2.11. The van der Waals surface area contributed by atoms with Gasteiger partial charge in [0.1, 0.15) is 5.75 Å². The van der Waals surface area contributed by atoms with Gasteiger partial charge >= 0.3 is 0 Å². The minimum atomic E-state index is -0.183. The molecule has 4 N–H and O–H groups in total. The van der Waals surface area contributed by atoms with E-state index in [1.54, 1.807) is 23.5 Å². The molecule has 130 valence electrons. The molecule has 0 saturated heterocycles. The molecule has 2 rings (SSSR count). The van der Waals surface area contributed by atoms with Gasteiger partial charge in [-0.25, -0.2) is 4.99 Å². The molecular weight excluding hydrogens is 439 g/mol. The zero-order chi connectivity index (χ0) is 16.5. The van der Waals surface area contributed by atoms with E-state index in [2.05, 4.69) is 20.9 Å². The summed E-state index contributed by atoms with van der Waals surface area (Å²) in [7, 11) is 0. The fraction of sp³-hybridized carbons (Fsp3) is 0.250. The van der Waals surface area contributed by atoms with Gasteiger partial charge in [0.15, 0.2) is 5.96 Å². The fourth-order valence-electron chi connectivity index (χ4n) is 1.81. The maximum Gasteiger partial charge on any atom is 0.243 e. The molecular formula is C16H21IN4O2S. The molecule has 0 aliphatic carbocycles. The van der Waals surface area contributed by atoms with Crippen LogP contribution in [0.5, 0.6) is 5.75 Å². The SMILES string of the molecule is CCNC(=NCc1ccsc1)NCC(=O)Nc1ccc(O)cc1.I. The first-order valence-corrected chi connectivity index (χ1v) is 8.24. The van der Waals surface area contributed by atoms with Crippen molar-refractivity contribution in [1.29, 1.82) is 0 Å². The lowest BCUT2D eigenvalue weighted by Crippen LogP contribution is -2.41. The van der Waals surface area contributed by atoms with Crippen LogP contribution in [0, 0.1) is 0 Å². The van der Waals surface area contributed by atoms with E-state index in [-0.39, 0.29) is 42.2 Å². The lowest BCUT2D eigenvalue weighted by molar-refractivity contribution is -0.115. The van der Waals surface area contributed by atoms with Crippen LogP contribution >= 0.6 is 35.3 Å². The molecule has 0 spiro atoms. The molecule has 0 bridgehead atoms. The van der Waals surface area contributed by atoms with Crippen LogP contribution in [0.25, 0.3) is 0 Å². The van der Waals surface area contributed by atoms with Gasteiger partial charge in [0.05, 0.1) is 13.1 Å². The van der Waals surface area contributed by atoms with Crippen LogP contribution in [0.1, 0.15) is 12.5 Å². The second kappa shape index (κ2) is 10.9. The summed E-state index contributed by atoms with van der Waals surface area (Å²) < 4.78 is 0. The Balaban J connectivity index is 0.00000288. The number of carbonyl (C=O) groups excluding carboxylic acids is 1. The Kier molecular flexibility index (Phi) is 9.16. The van der Waals surface area contributed by atoms with Crippen LogP contribution in [0.15, 0.2) is 46.1 Å². The van der Waals surface area contributed by atoms with Crippen molar-refractivity contribution in [2.45, 2.75) is 13.5 Å². The Morgan fingerprint density at radius 2 is 1.96 bits per heavy atom. The van der Waals surface area contributed by atoms with Crippen LogP contribution in [0.4, 0.5) is 5.69 Å². The number of anilines is 1. The molecule has 0 radical (unpaired) electrons. The second-order valence-electron chi connectivity index (χ2n) is 4.78. The number of aromatic hydroxyl groups is 1. The normalized spacial score (nSPS) is 10.6. The number of hydrogen-bond acceptors (Lipinski definition) is 4. The number of thiophene rings is 1. The molecule has 24 heavy (non-hydrogen) atoms. The number of guanidine groups is 1. The van der Waals surface area contributed by atoms with Crippen molar-refractivity contribution in [2.75, 3.05) is 18.4 Å². The highest BCUT2D eigenvalue weighted by Gasteiger charge is 2.04.